The van der Waals surface area contributed by atoms with Crippen molar-refractivity contribution in [1.29, 1.82) is 0 Å². The van der Waals surface area contributed by atoms with Crippen LogP contribution in [0.3, 0.4) is 0 Å². The molecule has 1 aromatic carbocycles. The Hall–Kier alpha value is -1.35. The number of carbonyl (C=O) groups is 1. The lowest BCUT2D eigenvalue weighted by Crippen LogP contribution is -2.29. The second kappa shape index (κ2) is 7.60. The van der Waals surface area contributed by atoms with Crippen LogP contribution in [0, 0.1) is 18.3 Å². The van der Waals surface area contributed by atoms with Crippen LogP contribution in [0.1, 0.15) is 45.6 Å². The van der Waals surface area contributed by atoms with Crippen LogP contribution in [0.25, 0.3) is 0 Å². The first-order valence-corrected chi connectivity index (χ1v) is 7.79. The van der Waals surface area contributed by atoms with Crippen molar-refractivity contribution in [3.63, 3.8) is 0 Å². The quantitative estimate of drug-likeness (QED) is 0.867. The van der Waals surface area contributed by atoms with E-state index in [9.17, 15) is 4.79 Å². The summed E-state index contributed by atoms with van der Waals surface area (Å²) in [5.74, 6) is 0.660. The van der Waals surface area contributed by atoms with Crippen molar-refractivity contribution >= 4 is 11.6 Å². The van der Waals surface area contributed by atoms with E-state index >= 15 is 0 Å². The number of aryl methyl sites for hydroxylation is 1. The average Bonchev–Trinajstić information content (AvgIpc) is 2.41. The molecule has 0 aliphatic carbocycles. The molecular weight excluding hydrogens is 260 g/mol. The smallest absolute Gasteiger partial charge is 0.226 e. The molecule has 0 saturated heterocycles. The Labute approximate surface area is 129 Å². The van der Waals surface area contributed by atoms with Crippen molar-refractivity contribution in [2.45, 2.75) is 47.0 Å². The van der Waals surface area contributed by atoms with E-state index in [0.717, 1.165) is 24.1 Å². The molecule has 21 heavy (non-hydrogen) atoms. The first-order chi connectivity index (χ1) is 9.77. The Morgan fingerprint density at radius 1 is 1.24 bits per heavy atom. The number of para-hydroxylation sites is 1. The van der Waals surface area contributed by atoms with E-state index in [2.05, 4.69) is 20.8 Å². The van der Waals surface area contributed by atoms with E-state index in [1.807, 2.05) is 38.2 Å². The van der Waals surface area contributed by atoms with Gasteiger partial charge < -0.3 is 10.6 Å². The lowest BCUT2D eigenvalue weighted by Gasteiger charge is -2.31. The Bertz CT molecular complexity index is 463. The standard InChI is InChI=1S/C18H30N2O/c1-14-8-6-7-9-16(14)20(5)17(21)11-10-15(12-13-19)18(2,3)4/h6-9,15H,10-13,19H2,1-5H3. The van der Waals surface area contributed by atoms with Crippen molar-refractivity contribution in [1.82, 2.24) is 0 Å². The summed E-state index contributed by atoms with van der Waals surface area (Å²) < 4.78 is 0. The van der Waals surface area contributed by atoms with E-state index in [0.29, 0.717) is 18.9 Å². The van der Waals surface area contributed by atoms with Gasteiger partial charge in [-0.3, -0.25) is 4.79 Å². The molecule has 3 nitrogen and oxygen atoms in total. The maximum absolute atomic E-state index is 12.4. The molecule has 0 saturated carbocycles. The van der Waals surface area contributed by atoms with Crippen LogP contribution in [-0.4, -0.2) is 19.5 Å². The summed E-state index contributed by atoms with van der Waals surface area (Å²) in [6.45, 7) is 9.39. The van der Waals surface area contributed by atoms with Gasteiger partial charge >= 0.3 is 0 Å². The van der Waals surface area contributed by atoms with Crippen LogP contribution < -0.4 is 10.6 Å². The van der Waals surface area contributed by atoms with Crippen LogP contribution in [0.2, 0.25) is 0 Å². The summed E-state index contributed by atoms with van der Waals surface area (Å²) in [5, 5.41) is 0. The third kappa shape index (κ3) is 5.16. The second-order valence-corrected chi connectivity index (χ2v) is 6.92. The number of carbonyl (C=O) groups excluding carboxylic acids is 1. The third-order valence-corrected chi connectivity index (χ3v) is 4.30. The van der Waals surface area contributed by atoms with Crippen LogP contribution in [0.4, 0.5) is 5.69 Å². The average molecular weight is 290 g/mol. The highest BCUT2D eigenvalue weighted by atomic mass is 16.2. The van der Waals surface area contributed by atoms with Gasteiger partial charge in [0.2, 0.25) is 5.91 Å². The number of benzene rings is 1. The van der Waals surface area contributed by atoms with Crippen molar-refractivity contribution in [3.05, 3.63) is 29.8 Å². The van der Waals surface area contributed by atoms with Gasteiger partial charge in [-0.05, 0) is 49.3 Å². The summed E-state index contributed by atoms with van der Waals surface area (Å²) in [4.78, 5) is 14.2. The van der Waals surface area contributed by atoms with Gasteiger partial charge in [-0.15, -0.1) is 0 Å². The molecule has 0 aromatic heterocycles. The Morgan fingerprint density at radius 2 is 1.86 bits per heavy atom. The fourth-order valence-corrected chi connectivity index (χ4v) is 2.75. The molecule has 2 N–H and O–H groups in total. The zero-order valence-electron chi connectivity index (χ0n) is 14.1. The lowest BCUT2D eigenvalue weighted by molar-refractivity contribution is -0.118. The Kier molecular flexibility index (Phi) is 6.41. The Morgan fingerprint density at radius 3 is 2.38 bits per heavy atom. The predicted molar refractivity (Wildman–Crippen MR) is 90.4 cm³/mol. The van der Waals surface area contributed by atoms with E-state index in [1.165, 1.54) is 0 Å². The molecule has 0 aliphatic rings. The molecule has 1 atom stereocenters. The molecule has 0 radical (unpaired) electrons. The van der Waals surface area contributed by atoms with Gasteiger partial charge in [0.25, 0.3) is 0 Å². The number of anilines is 1. The van der Waals surface area contributed by atoms with Gasteiger partial charge in [0.05, 0.1) is 0 Å². The fraction of sp³-hybridized carbons (Fsp3) is 0.611. The monoisotopic (exact) mass is 290 g/mol. The summed E-state index contributed by atoms with van der Waals surface area (Å²) in [6, 6.07) is 7.99. The fourth-order valence-electron chi connectivity index (χ4n) is 2.75. The number of hydrogen-bond donors (Lipinski definition) is 1. The molecule has 118 valence electrons. The van der Waals surface area contributed by atoms with Crippen molar-refractivity contribution < 1.29 is 4.79 Å². The number of amides is 1. The normalized spacial score (nSPS) is 13.0. The summed E-state index contributed by atoms with van der Waals surface area (Å²) in [7, 11) is 1.86. The molecule has 0 fully saturated rings. The molecule has 3 heteroatoms. The van der Waals surface area contributed by atoms with Gasteiger partial charge in [0.15, 0.2) is 0 Å². The lowest BCUT2D eigenvalue weighted by atomic mass is 9.76. The van der Waals surface area contributed by atoms with Gasteiger partial charge in [-0.1, -0.05) is 39.0 Å². The minimum absolute atomic E-state index is 0.176. The molecule has 1 rings (SSSR count). The van der Waals surface area contributed by atoms with E-state index < -0.39 is 0 Å². The highest BCUT2D eigenvalue weighted by molar-refractivity contribution is 5.93. The summed E-state index contributed by atoms with van der Waals surface area (Å²) in [6.07, 6.45) is 2.45. The van der Waals surface area contributed by atoms with E-state index in [-0.39, 0.29) is 11.3 Å². The molecule has 0 aliphatic heterocycles. The van der Waals surface area contributed by atoms with Crippen LogP contribution >= 0.6 is 0 Å². The van der Waals surface area contributed by atoms with Gasteiger partial charge in [-0.25, -0.2) is 0 Å². The van der Waals surface area contributed by atoms with Crippen molar-refractivity contribution in [2.75, 3.05) is 18.5 Å². The summed E-state index contributed by atoms with van der Waals surface area (Å²) >= 11 is 0. The highest BCUT2D eigenvalue weighted by Gasteiger charge is 2.25. The molecule has 1 amide bonds. The van der Waals surface area contributed by atoms with E-state index in [1.54, 1.807) is 4.90 Å². The topological polar surface area (TPSA) is 46.3 Å². The highest BCUT2D eigenvalue weighted by Crippen LogP contribution is 2.32. The zero-order chi connectivity index (χ0) is 16.0. The van der Waals surface area contributed by atoms with Crippen LogP contribution in [-0.2, 0) is 4.79 Å². The predicted octanol–water partition coefficient (Wildman–Crippen LogP) is 3.75. The number of rotatable bonds is 6. The zero-order valence-corrected chi connectivity index (χ0v) is 14.1. The first-order valence-electron chi connectivity index (χ1n) is 7.79. The molecule has 1 aromatic rings. The third-order valence-electron chi connectivity index (χ3n) is 4.30. The van der Waals surface area contributed by atoms with Crippen LogP contribution in [0.15, 0.2) is 24.3 Å². The molecule has 0 bridgehead atoms. The summed E-state index contributed by atoms with van der Waals surface area (Å²) in [5.41, 5.74) is 8.02. The molecule has 0 heterocycles. The van der Waals surface area contributed by atoms with Gasteiger partial charge in [-0.2, -0.15) is 0 Å². The first kappa shape index (κ1) is 17.7. The molecule has 1 unspecified atom stereocenters. The Balaban J connectivity index is 2.66. The molecular formula is C18H30N2O. The number of hydrogen-bond acceptors (Lipinski definition) is 2. The van der Waals surface area contributed by atoms with Gasteiger partial charge in [0.1, 0.15) is 0 Å². The number of nitrogens with zero attached hydrogens (tertiary/aromatic N) is 1. The number of nitrogens with two attached hydrogens (primary N) is 1. The van der Waals surface area contributed by atoms with Crippen LogP contribution in [0.5, 0.6) is 0 Å². The van der Waals surface area contributed by atoms with Gasteiger partial charge in [0, 0.05) is 19.2 Å². The van der Waals surface area contributed by atoms with Crippen molar-refractivity contribution in [2.24, 2.45) is 17.1 Å². The minimum atomic E-state index is 0.176. The van der Waals surface area contributed by atoms with Crippen molar-refractivity contribution in [3.8, 4) is 0 Å². The maximum atomic E-state index is 12.4. The SMILES string of the molecule is Cc1ccccc1N(C)C(=O)CCC(CCN)C(C)(C)C. The second-order valence-electron chi connectivity index (χ2n) is 6.92. The maximum Gasteiger partial charge on any atom is 0.226 e. The minimum Gasteiger partial charge on any atom is -0.330 e. The largest absolute Gasteiger partial charge is 0.330 e. The van der Waals surface area contributed by atoms with E-state index in [4.69, 9.17) is 5.73 Å². The molecule has 0 spiro atoms.